The SMILES string of the molecule is C.CI.C[N+]1(C)Cc2c(c3c4ccc5c6ccc7c8ccc9c%10ccc%11c2c2c3c3c4c5c4c6c7c5c8c9c6c%10c%11c2c2c6c5c4c32)C1. The molecule has 1 nitrogen and oxygen atoms in total. The third kappa shape index (κ3) is 1.74. The number of rotatable bonds is 0. The fourth-order valence-electron chi connectivity index (χ4n) is 13.2. The van der Waals surface area contributed by atoms with Gasteiger partial charge in [0.25, 0.3) is 0 Å². The predicted molar refractivity (Wildman–Crippen MR) is 221 cm³/mol. The molecule has 0 N–H and O–H groups in total. The third-order valence-electron chi connectivity index (χ3n) is 14.1. The molecule has 1 aliphatic rings. The third-order valence-corrected chi connectivity index (χ3v) is 14.1. The van der Waals surface area contributed by atoms with Crippen molar-refractivity contribution in [1.82, 2.24) is 0 Å². The van der Waals surface area contributed by atoms with E-state index in [1.165, 1.54) is 53.9 Å². The molecular weight excluding hydrogens is 693 g/mol. The molecule has 0 spiro atoms. The maximum Gasteiger partial charge on any atom is 0.105 e. The van der Waals surface area contributed by atoms with E-state index in [9.17, 15) is 0 Å². The van der Waals surface area contributed by atoms with Crippen molar-refractivity contribution in [2.75, 3.05) is 19.0 Å². The van der Waals surface area contributed by atoms with Crippen molar-refractivity contribution in [2.24, 2.45) is 0 Å². The molecular formula is C46H25IN+. The van der Waals surface area contributed by atoms with Crippen LogP contribution in [0.2, 0.25) is 0 Å². The molecule has 17 rings (SSSR count). The quantitative estimate of drug-likeness (QED) is 0.0634. The van der Waals surface area contributed by atoms with E-state index in [0.717, 1.165) is 17.6 Å². The van der Waals surface area contributed by atoms with Crippen LogP contribution >= 0.6 is 22.6 Å². The second-order valence-corrected chi connectivity index (χ2v) is 16.1. The van der Waals surface area contributed by atoms with Crippen molar-refractivity contribution in [3.05, 3.63) is 59.7 Å². The van der Waals surface area contributed by atoms with E-state index in [4.69, 9.17) is 0 Å². The molecule has 0 bridgehead atoms. The fraction of sp³-hybridized carbons (Fsp3) is 0.130. The van der Waals surface area contributed by atoms with Crippen LogP contribution in [0, 0.1) is 0 Å². The molecule has 0 fully saturated rings. The van der Waals surface area contributed by atoms with Crippen LogP contribution in [0.25, 0.3) is 162 Å². The van der Waals surface area contributed by atoms with Crippen LogP contribution in [0.3, 0.4) is 0 Å². The molecule has 16 aromatic carbocycles. The minimum atomic E-state index is 0. The Morgan fingerprint density at radius 3 is 0.792 bits per heavy atom. The molecule has 0 atom stereocenters. The predicted octanol–water partition coefficient (Wildman–Crippen LogP) is 13.5. The Bertz CT molecular complexity index is 3690. The lowest BCUT2D eigenvalue weighted by Crippen LogP contribution is -2.32. The first kappa shape index (κ1) is 23.8. The molecule has 0 amide bonds. The first-order valence-electron chi connectivity index (χ1n) is 17.0. The Labute approximate surface area is 286 Å². The molecule has 0 aliphatic carbocycles. The molecule has 1 heterocycles. The lowest BCUT2D eigenvalue weighted by atomic mass is 9.89. The van der Waals surface area contributed by atoms with Gasteiger partial charge in [0.05, 0.1) is 14.1 Å². The van der Waals surface area contributed by atoms with Gasteiger partial charge in [-0.3, -0.25) is 0 Å². The van der Waals surface area contributed by atoms with Crippen LogP contribution < -0.4 is 0 Å². The Hall–Kier alpha value is -4.51. The average Bonchev–Trinajstić information content (AvgIpc) is 3.92. The van der Waals surface area contributed by atoms with Gasteiger partial charge < -0.3 is 4.48 Å². The van der Waals surface area contributed by atoms with Gasteiger partial charge in [-0.1, -0.05) is 78.5 Å². The zero-order valence-corrected chi connectivity index (χ0v) is 28.0. The van der Waals surface area contributed by atoms with E-state index in [1.807, 2.05) is 4.93 Å². The number of nitrogens with zero attached hydrogens (tertiary/aromatic N) is 1. The summed E-state index contributed by atoms with van der Waals surface area (Å²) in [5, 5.41) is 46.5. The van der Waals surface area contributed by atoms with E-state index < -0.39 is 0 Å². The average molecular weight is 719 g/mol. The second kappa shape index (κ2) is 6.33. The Balaban J connectivity index is 0.000000789. The monoisotopic (exact) mass is 718 g/mol. The highest BCUT2D eigenvalue weighted by molar-refractivity contribution is 14.1. The normalized spacial score (nSPS) is 16.6. The number of halogens is 1. The van der Waals surface area contributed by atoms with Gasteiger partial charge in [0.15, 0.2) is 0 Å². The van der Waals surface area contributed by atoms with E-state index in [2.05, 4.69) is 85.2 Å². The Morgan fingerprint density at radius 2 is 0.500 bits per heavy atom. The van der Waals surface area contributed by atoms with Gasteiger partial charge >= 0.3 is 0 Å². The van der Waals surface area contributed by atoms with Crippen molar-refractivity contribution >= 4 is 184 Å². The lowest BCUT2D eigenvalue weighted by Gasteiger charge is -2.22. The molecule has 0 aromatic heterocycles. The molecule has 16 aromatic rings. The van der Waals surface area contributed by atoms with Crippen molar-refractivity contribution in [3.8, 4) is 0 Å². The highest BCUT2D eigenvalue weighted by atomic mass is 127. The van der Waals surface area contributed by atoms with Crippen LogP contribution in [-0.4, -0.2) is 23.5 Å². The van der Waals surface area contributed by atoms with E-state index in [1.54, 1.807) is 119 Å². The molecule has 2 heteroatoms. The summed E-state index contributed by atoms with van der Waals surface area (Å²) in [5.74, 6) is 0. The summed E-state index contributed by atoms with van der Waals surface area (Å²) in [7, 11) is 4.89. The molecule has 0 saturated carbocycles. The van der Waals surface area contributed by atoms with Crippen LogP contribution in [0.15, 0.2) is 48.5 Å². The van der Waals surface area contributed by atoms with Crippen molar-refractivity contribution in [3.63, 3.8) is 0 Å². The largest absolute Gasteiger partial charge is 0.321 e. The van der Waals surface area contributed by atoms with Gasteiger partial charge in [0.2, 0.25) is 0 Å². The second-order valence-electron chi connectivity index (χ2n) is 16.1. The Kier molecular flexibility index (Phi) is 3.13. The van der Waals surface area contributed by atoms with Gasteiger partial charge in [-0.25, -0.2) is 0 Å². The van der Waals surface area contributed by atoms with Gasteiger partial charge in [0, 0.05) is 21.9 Å². The first-order chi connectivity index (χ1) is 23.1. The van der Waals surface area contributed by atoms with Crippen molar-refractivity contribution < 1.29 is 4.48 Å². The molecule has 48 heavy (non-hydrogen) atoms. The molecule has 0 saturated heterocycles. The van der Waals surface area contributed by atoms with Gasteiger partial charge in [0.1, 0.15) is 13.1 Å². The standard InChI is InChI=1S/C44H18N.CH3I.CH4/c1-45(2)11-21-22(12-45)24-20-10-8-18-16-6-4-14-13-3-5-15-17-7-9-19-23(21)33-34(24)39-32(20)30(18)37-28(16)26(14)35-25(13)27(15)36-29(17)31(19)38(33)43-41(36)40(35)42(37)44(39)43;1-2;/h3-10H,11-12H2,1-2H3;1H3;1H4/q+1;;. The van der Waals surface area contributed by atoms with Crippen molar-refractivity contribution in [1.29, 1.82) is 0 Å². The number of quaternary nitrogens is 1. The number of alkyl halides is 1. The topological polar surface area (TPSA) is 0 Å². The maximum atomic E-state index is 2.53. The van der Waals surface area contributed by atoms with Crippen LogP contribution in [0.5, 0.6) is 0 Å². The minimum absolute atomic E-state index is 0. The Morgan fingerprint density at radius 1 is 0.312 bits per heavy atom. The fourth-order valence-corrected chi connectivity index (χ4v) is 13.2. The first-order valence-corrected chi connectivity index (χ1v) is 19.2. The number of hydrogen-bond acceptors (Lipinski definition) is 0. The van der Waals surface area contributed by atoms with E-state index in [0.29, 0.717) is 0 Å². The lowest BCUT2D eigenvalue weighted by molar-refractivity contribution is -0.909. The number of hydrogen-bond donors (Lipinski definition) is 0. The summed E-state index contributed by atoms with van der Waals surface area (Å²) in [6.07, 6.45) is 0. The van der Waals surface area contributed by atoms with Gasteiger partial charge in [-0.2, -0.15) is 0 Å². The summed E-state index contributed by atoms with van der Waals surface area (Å²) in [4.78, 5) is 1.97. The zero-order chi connectivity index (χ0) is 30.0. The summed E-state index contributed by atoms with van der Waals surface area (Å²) < 4.78 is 1.03. The van der Waals surface area contributed by atoms with Gasteiger partial charge in [-0.05, 0) is 156 Å². The van der Waals surface area contributed by atoms with Crippen molar-refractivity contribution in [2.45, 2.75) is 20.5 Å². The molecule has 0 radical (unpaired) electrons. The summed E-state index contributed by atoms with van der Waals surface area (Å²) >= 11 is 2.15. The maximum absolute atomic E-state index is 2.53. The molecule has 1 aliphatic heterocycles. The molecule has 0 unspecified atom stereocenters. The zero-order valence-electron chi connectivity index (χ0n) is 25.9. The van der Waals surface area contributed by atoms with Gasteiger partial charge in [-0.15, -0.1) is 0 Å². The smallest absolute Gasteiger partial charge is 0.105 e. The minimum Gasteiger partial charge on any atom is -0.321 e. The summed E-state index contributed by atoms with van der Waals surface area (Å²) in [5.41, 5.74) is 3.26. The highest BCUT2D eigenvalue weighted by Gasteiger charge is 2.42. The van der Waals surface area contributed by atoms with Crippen LogP contribution in [-0.2, 0) is 13.1 Å². The molecule has 220 valence electrons. The summed E-state index contributed by atoms with van der Waals surface area (Å²) in [6.45, 7) is 2.22. The summed E-state index contributed by atoms with van der Waals surface area (Å²) in [6, 6.07) is 20.0. The van der Waals surface area contributed by atoms with Crippen LogP contribution in [0.4, 0.5) is 0 Å². The number of benzene rings is 10. The van der Waals surface area contributed by atoms with Crippen LogP contribution in [0.1, 0.15) is 18.6 Å². The highest BCUT2D eigenvalue weighted by Crippen LogP contribution is 2.68. The number of fused-ring (bicyclic) bond motifs is 8. The van der Waals surface area contributed by atoms with E-state index >= 15 is 0 Å². The van der Waals surface area contributed by atoms with E-state index in [-0.39, 0.29) is 7.43 Å².